The van der Waals surface area contributed by atoms with Gasteiger partial charge in [0.25, 0.3) is 0 Å². The molecule has 2 rings (SSSR count). The van der Waals surface area contributed by atoms with Crippen LogP contribution in [-0.2, 0) is 9.59 Å². The molecular weight excluding hydrogens is 274 g/mol. The van der Waals surface area contributed by atoms with Gasteiger partial charge in [0.15, 0.2) is 0 Å². The van der Waals surface area contributed by atoms with Crippen molar-refractivity contribution in [1.82, 2.24) is 5.32 Å². The number of carboxylic acid groups (broad SMARTS) is 1. The minimum Gasteiger partial charge on any atom is -0.481 e. The molecule has 5 heteroatoms. The van der Waals surface area contributed by atoms with Gasteiger partial charge in [0.2, 0.25) is 5.91 Å². The van der Waals surface area contributed by atoms with Gasteiger partial charge in [-0.05, 0) is 31.9 Å². The highest BCUT2D eigenvalue weighted by atomic mass is 32.2. The van der Waals surface area contributed by atoms with Crippen molar-refractivity contribution < 1.29 is 14.7 Å². The second kappa shape index (κ2) is 5.87. The zero-order chi connectivity index (χ0) is 14.8. The summed E-state index contributed by atoms with van der Waals surface area (Å²) in [5.41, 5.74) is 0.266. The van der Waals surface area contributed by atoms with Gasteiger partial charge in [-0.3, -0.25) is 9.59 Å². The minimum atomic E-state index is -0.839. The topological polar surface area (TPSA) is 66.4 Å². The third-order valence-electron chi connectivity index (χ3n) is 3.64. The highest BCUT2D eigenvalue weighted by molar-refractivity contribution is 7.99. The number of hydrogen-bond donors (Lipinski definition) is 2. The summed E-state index contributed by atoms with van der Waals surface area (Å²) in [6.07, 6.45) is 0.426. The highest BCUT2D eigenvalue weighted by Crippen LogP contribution is 2.39. The molecule has 2 N–H and O–H groups in total. The zero-order valence-corrected chi connectivity index (χ0v) is 12.5. The molecule has 0 aliphatic carbocycles. The summed E-state index contributed by atoms with van der Waals surface area (Å²) in [5.74, 6) is -0.214. The van der Waals surface area contributed by atoms with E-state index in [0.717, 1.165) is 11.3 Å². The van der Waals surface area contributed by atoms with Crippen molar-refractivity contribution in [1.29, 1.82) is 0 Å². The minimum absolute atomic E-state index is 0.0105. The third-order valence-corrected chi connectivity index (χ3v) is 4.83. The molecule has 4 nitrogen and oxygen atoms in total. The van der Waals surface area contributed by atoms with Crippen LogP contribution in [0.3, 0.4) is 0 Å². The van der Waals surface area contributed by atoms with E-state index in [-0.39, 0.29) is 11.8 Å². The maximum atomic E-state index is 12.2. The van der Waals surface area contributed by atoms with E-state index >= 15 is 0 Å². The first kappa shape index (κ1) is 14.9. The summed E-state index contributed by atoms with van der Waals surface area (Å²) in [5, 5.41) is 11.9. The second-order valence-corrected chi connectivity index (χ2v) is 6.69. The van der Waals surface area contributed by atoms with Crippen LogP contribution in [0.25, 0.3) is 0 Å². The van der Waals surface area contributed by atoms with Crippen LogP contribution in [0.4, 0.5) is 0 Å². The van der Waals surface area contributed by atoms with E-state index in [9.17, 15) is 9.59 Å². The van der Waals surface area contributed by atoms with Crippen molar-refractivity contribution in [2.24, 2.45) is 5.41 Å². The lowest BCUT2D eigenvalue weighted by atomic mass is 9.89. The zero-order valence-electron chi connectivity index (χ0n) is 11.7. The van der Waals surface area contributed by atoms with Gasteiger partial charge in [-0.2, -0.15) is 0 Å². The van der Waals surface area contributed by atoms with Gasteiger partial charge in [0, 0.05) is 17.2 Å². The average Bonchev–Trinajstić information content (AvgIpc) is 2.82. The number of carboxylic acids is 1. The first-order chi connectivity index (χ1) is 9.42. The van der Waals surface area contributed by atoms with E-state index in [1.807, 2.05) is 24.3 Å². The lowest BCUT2D eigenvalue weighted by Gasteiger charge is -2.19. The van der Waals surface area contributed by atoms with Gasteiger partial charge in [-0.15, -0.1) is 11.8 Å². The van der Waals surface area contributed by atoms with Gasteiger partial charge in [-0.25, -0.2) is 0 Å². The maximum absolute atomic E-state index is 12.2. The van der Waals surface area contributed by atoms with Crippen LogP contribution in [0.15, 0.2) is 29.2 Å². The van der Waals surface area contributed by atoms with E-state index in [1.165, 1.54) is 4.90 Å². The van der Waals surface area contributed by atoms with Crippen LogP contribution in [0.1, 0.15) is 31.7 Å². The normalized spacial score (nSPS) is 17.6. The molecule has 1 heterocycles. The number of benzene rings is 1. The fraction of sp³-hybridized carbons (Fsp3) is 0.467. The quantitative estimate of drug-likeness (QED) is 0.875. The number of aliphatic carboxylic acids is 1. The Morgan fingerprint density at radius 1 is 1.40 bits per heavy atom. The SMILES string of the molecule is CC(C)(CCNC(=O)C1CSc2ccccc21)C(=O)O. The van der Waals surface area contributed by atoms with Crippen molar-refractivity contribution in [3.8, 4) is 0 Å². The molecule has 1 aromatic rings. The average molecular weight is 293 g/mol. The molecule has 0 fully saturated rings. The van der Waals surface area contributed by atoms with E-state index < -0.39 is 11.4 Å². The van der Waals surface area contributed by atoms with Crippen molar-refractivity contribution in [3.63, 3.8) is 0 Å². The van der Waals surface area contributed by atoms with Crippen molar-refractivity contribution in [3.05, 3.63) is 29.8 Å². The summed E-state index contributed by atoms with van der Waals surface area (Å²) in [6.45, 7) is 3.73. The first-order valence-electron chi connectivity index (χ1n) is 6.64. The molecule has 1 atom stereocenters. The van der Waals surface area contributed by atoms with Gasteiger partial charge < -0.3 is 10.4 Å². The van der Waals surface area contributed by atoms with E-state index in [4.69, 9.17) is 5.11 Å². The molecule has 0 radical (unpaired) electrons. The number of rotatable bonds is 5. The van der Waals surface area contributed by atoms with Crippen molar-refractivity contribution in [2.45, 2.75) is 31.1 Å². The van der Waals surface area contributed by atoms with Crippen LogP contribution in [0.5, 0.6) is 0 Å². The Kier molecular flexibility index (Phi) is 4.38. The van der Waals surface area contributed by atoms with Crippen LogP contribution in [-0.4, -0.2) is 29.3 Å². The fourth-order valence-corrected chi connectivity index (χ4v) is 3.34. The monoisotopic (exact) mass is 293 g/mol. The summed E-state index contributed by atoms with van der Waals surface area (Å²) in [4.78, 5) is 24.4. The molecule has 0 saturated heterocycles. The Hall–Kier alpha value is -1.49. The molecule has 0 bridgehead atoms. The van der Waals surface area contributed by atoms with Gasteiger partial charge in [-0.1, -0.05) is 18.2 Å². The van der Waals surface area contributed by atoms with Crippen molar-refractivity contribution >= 4 is 23.6 Å². The lowest BCUT2D eigenvalue weighted by Crippen LogP contribution is -2.34. The molecular formula is C15H19NO3S. The highest BCUT2D eigenvalue weighted by Gasteiger charge is 2.30. The molecule has 1 aliphatic heterocycles. The second-order valence-electron chi connectivity index (χ2n) is 5.63. The first-order valence-corrected chi connectivity index (χ1v) is 7.63. The molecule has 20 heavy (non-hydrogen) atoms. The van der Waals surface area contributed by atoms with E-state index in [1.54, 1.807) is 25.6 Å². The Balaban J connectivity index is 1.90. The smallest absolute Gasteiger partial charge is 0.309 e. The van der Waals surface area contributed by atoms with Crippen molar-refractivity contribution in [2.75, 3.05) is 12.3 Å². The standard InChI is InChI=1S/C15H19NO3S/c1-15(2,14(18)19)7-8-16-13(17)11-9-20-12-6-4-3-5-10(11)12/h3-6,11H,7-9H2,1-2H3,(H,16,17)(H,18,19). The summed E-state index contributed by atoms with van der Waals surface area (Å²) in [6, 6.07) is 7.93. The van der Waals surface area contributed by atoms with Gasteiger partial charge in [0.05, 0.1) is 11.3 Å². The number of hydrogen-bond acceptors (Lipinski definition) is 3. The lowest BCUT2D eigenvalue weighted by molar-refractivity contribution is -0.147. The van der Waals surface area contributed by atoms with Crippen LogP contribution < -0.4 is 5.32 Å². The van der Waals surface area contributed by atoms with Crippen LogP contribution in [0.2, 0.25) is 0 Å². The van der Waals surface area contributed by atoms with Gasteiger partial charge >= 0.3 is 5.97 Å². The summed E-state index contributed by atoms with van der Waals surface area (Å²) in [7, 11) is 0. The predicted octanol–water partition coefficient (Wildman–Crippen LogP) is 2.49. The number of amides is 1. The van der Waals surface area contributed by atoms with E-state index in [0.29, 0.717) is 13.0 Å². The summed E-state index contributed by atoms with van der Waals surface area (Å²) < 4.78 is 0. The Labute approximate surface area is 123 Å². The van der Waals surface area contributed by atoms with E-state index in [2.05, 4.69) is 5.32 Å². The molecule has 1 unspecified atom stereocenters. The molecule has 1 amide bonds. The number of fused-ring (bicyclic) bond motifs is 1. The largest absolute Gasteiger partial charge is 0.481 e. The van der Waals surface area contributed by atoms with Crippen LogP contribution >= 0.6 is 11.8 Å². The Bertz CT molecular complexity index is 528. The third kappa shape index (κ3) is 3.15. The van der Waals surface area contributed by atoms with Crippen LogP contribution in [0, 0.1) is 5.41 Å². The van der Waals surface area contributed by atoms with Gasteiger partial charge in [0.1, 0.15) is 0 Å². The number of thioether (sulfide) groups is 1. The molecule has 1 aromatic carbocycles. The molecule has 0 saturated carbocycles. The Morgan fingerprint density at radius 2 is 2.10 bits per heavy atom. The number of carbonyl (C=O) groups excluding carboxylic acids is 1. The molecule has 1 aliphatic rings. The molecule has 0 spiro atoms. The summed E-state index contributed by atoms with van der Waals surface area (Å²) >= 11 is 1.69. The predicted molar refractivity (Wildman–Crippen MR) is 79.0 cm³/mol. The number of carbonyl (C=O) groups is 2. The Morgan fingerprint density at radius 3 is 2.80 bits per heavy atom. The molecule has 108 valence electrons. The fourth-order valence-electron chi connectivity index (χ4n) is 2.11. The molecule has 0 aromatic heterocycles. The number of nitrogens with one attached hydrogen (secondary N) is 1. The maximum Gasteiger partial charge on any atom is 0.309 e.